The number of amides is 2. The zero-order valence-electron chi connectivity index (χ0n) is 13.7. The average molecular weight is 384 g/mol. The maximum atomic E-state index is 13.1. The molecule has 0 fully saturated rings. The van der Waals surface area contributed by atoms with Crippen LogP contribution in [0.25, 0.3) is 0 Å². The number of nitrogens with one attached hydrogen (secondary N) is 2. The van der Waals surface area contributed by atoms with Gasteiger partial charge in [0.2, 0.25) is 11.8 Å². The molecule has 1 heterocycles. The van der Waals surface area contributed by atoms with Crippen LogP contribution in [-0.2, 0) is 16.1 Å². The minimum atomic E-state index is -0.544. The van der Waals surface area contributed by atoms with Gasteiger partial charge in [0.15, 0.2) is 0 Å². The summed E-state index contributed by atoms with van der Waals surface area (Å²) in [6.07, 6.45) is 0. The Kier molecular flexibility index (Phi) is 7.36. The number of likely N-dealkylation sites (N-methyl/N-ethyl adjacent to an activating group) is 1. The molecule has 134 valence electrons. The largest absolute Gasteiger partial charge is 0.350 e. The minimum Gasteiger partial charge on any atom is -0.350 e. The van der Waals surface area contributed by atoms with E-state index in [0.717, 1.165) is 4.88 Å². The number of halogens is 2. The van der Waals surface area contributed by atoms with Crippen molar-refractivity contribution in [3.63, 3.8) is 0 Å². The normalized spacial score (nSPS) is 10.7. The zero-order valence-corrected chi connectivity index (χ0v) is 15.3. The molecule has 5 nitrogen and oxygen atoms in total. The first-order chi connectivity index (χ1) is 12.0. The van der Waals surface area contributed by atoms with E-state index in [0.29, 0.717) is 18.8 Å². The highest BCUT2D eigenvalue weighted by atomic mass is 35.5. The van der Waals surface area contributed by atoms with Crippen LogP contribution in [0.3, 0.4) is 0 Å². The van der Waals surface area contributed by atoms with Crippen LogP contribution in [0.5, 0.6) is 0 Å². The van der Waals surface area contributed by atoms with Crippen LogP contribution >= 0.6 is 22.9 Å². The zero-order chi connectivity index (χ0) is 18.2. The smallest absolute Gasteiger partial charge is 0.238 e. The summed E-state index contributed by atoms with van der Waals surface area (Å²) in [5.41, 5.74) is 0.412. The van der Waals surface area contributed by atoms with Crippen LogP contribution in [0, 0.1) is 5.82 Å². The van der Waals surface area contributed by atoms with Crippen molar-refractivity contribution in [3.05, 3.63) is 51.4 Å². The number of thiophene rings is 1. The van der Waals surface area contributed by atoms with Crippen LogP contribution in [0.4, 0.5) is 10.1 Å². The van der Waals surface area contributed by atoms with Crippen molar-refractivity contribution in [2.45, 2.75) is 13.5 Å². The molecular formula is C17H19ClFN3O2S. The van der Waals surface area contributed by atoms with Gasteiger partial charge in [0.1, 0.15) is 5.82 Å². The fourth-order valence-electron chi connectivity index (χ4n) is 2.11. The van der Waals surface area contributed by atoms with Crippen molar-refractivity contribution in [1.29, 1.82) is 0 Å². The molecule has 0 unspecified atom stereocenters. The number of carbonyl (C=O) groups excluding carboxylic acids is 2. The number of carbonyl (C=O) groups is 2. The van der Waals surface area contributed by atoms with Crippen LogP contribution in [0.2, 0.25) is 5.02 Å². The van der Waals surface area contributed by atoms with Gasteiger partial charge in [-0.05, 0) is 36.2 Å². The number of benzene rings is 1. The van der Waals surface area contributed by atoms with Crippen LogP contribution in [-0.4, -0.2) is 36.3 Å². The van der Waals surface area contributed by atoms with E-state index in [1.54, 1.807) is 16.2 Å². The molecule has 0 aliphatic heterocycles. The van der Waals surface area contributed by atoms with E-state index in [1.165, 1.54) is 18.2 Å². The standard InChI is InChI=1S/C17H19ClFN3O2S/c1-2-22(10-16(23)20-9-13-4-3-7-25-13)11-17(24)21-12-5-6-15(19)14(18)8-12/h3-8H,2,9-11H2,1H3,(H,20,23)(H,21,24). The Balaban J connectivity index is 1.80. The molecule has 2 amide bonds. The second kappa shape index (κ2) is 9.50. The summed E-state index contributed by atoms with van der Waals surface area (Å²) in [6.45, 7) is 3.07. The number of anilines is 1. The van der Waals surface area contributed by atoms with Crippen LogP contribution < -0.4 is 10.6 Å². The fourth-order valence-corrected chi connectivity index (χ4v) is 2.94. The van der Waals surface area contributed by atoms with Crippen molar-refractivity contribution in [2.24, 2.45) is 0 Å². The Labute approximate surface area is 154 Å². The van der Waals surface area contributed by atoms with Gasteiger partial charge in [-0.15, -0.1) is 11.3 Å². The Morgan fingerprint density at radius 2 is 2.00 bits per heavy atom. The Hall–Kier alpha value is -1.96. The van der Waals surface area contributed by atoms with Crippen molar-refractivity contribution in [3.8, 4) is 0 Å². The lowest BCUT2D eigenvalue weighted by Gasteiger charge is -2.19. The average Bonchev–Trinajstić information content (AvgIpc) is 3.09. The topological polar surface area (TPSA) is 61.4 Å². The summed E-state index contributed by atoms with van der Waals surface area (Å²) in [7, 11) is 0. The summed E-state index contributed by atoms with van der Waals surface area (Å²) >= 11 is 7.26. The van der Waals surface area contributed by atoms with Gasteiger partial charge in [0.25, 0.3) is 0 Å². The lowest BCUT2D eigenvalue weighted by molar-refractivity contribution is -0.123. The van der Waals surface area contributed by atoms with Crippen molar-refractivity contribution >= 4 is 40.4 Å². The monoisotopic (exact) mass is 383 g/mol. The molecule has 0 spiro atoms. The first kappa shape index (κ1) is 19.4. The second-order valence-corrected chi connectivity index (χ2v) is 6.78. The Bertz CT molecular complexity index is 725. The summed E-state index contributed by atoms with van der Waals surface area (Å²) < 4.78 is 13.1. The van der Waals surface area contributed by atoms with Gasteiger partial charge in [-0.1, -0.05) is 24.6 Å². The highest BCUT2D eigenvalue weighted by Gasteiger charge is 2.14. The molecule has 0 radical (unpaired) electrons. The van der Waals surface area contributed by atoms with Gasteiger partial charge < -0.3 is 10.6 Å². The van der Waals surface area contributed by atoms with Crippen LogP contribution in [0.15, 0.2) is 35.7 Å². The summed E-state index contributed by atoms with van der Waals surface area (Å²) in [5, 5.41) is 7.36. The molecule has 2 rings (SSSR count). The summed E-state index contributed by atoms with van der Waals surface area (Å²) in [4.78, 5) is 26.9. The Morgan fingerprint density at radius 1 is 1.24 bits per heavy atom. The fraction of sp³-hybridized carbons (Fsp3) is 0.294. The summed E-state index contributed by atoms with van der Waals surface area (Å²) in [5.74, 6) is -0.985. The van der Waals surface area contributed by atoms with Gasteiger partial charge in [-0.3, -0.25) is 14.5 Å². The molecule has 0 saturated heterocycles. The van der Waals surface area contributed by atoms with E-state index in [1.807, 2.05) is 24.4 Å². The van der Waals surface area contributed by atoms with Gasteiger partial charge in [0.05, 0.1) is 24.7 Å². The van der Waals surface area contributed by atoms with Gasteiger partial charge in [-0.25, -0.2) is 4.39 Å². The van der Waals surface area contributed by atoms with Gasteiger partial charge in [0, 0.05) is 10.6 Å². The maximum Gasteiger partial charge on any atom is 0.238 e. The molecule has 8 heteroatoms. The first-order valence-corrected chi connectivity index (χ1v) is 9.00. The molecule has 0 aliphatic carbocycles. The van der Waals surface area contributed by atoms with Crippen molar-refractivity contribution in [2.75, 3.05) is 25.0 Å². The Morgan fingerprint density at radius 3 is 2.64 bits per heavy atom. The number of hydrogen-bond donors (Lipinski definition) is 2. The predicted octanol–water partition coefficient (Wildman–Crippen LogP) is 3.12. The third-order valence-electron chi connectivity index (χ3n) is 3.42. The van der Waals surface area contributed by atoms with E-state index in [-0.39, 0.29) is 29.9 Å². The van der Waals surface area contributed by atoms with E-state index in [4.69, 9.17) is 11.6 Å². The highest BCUT2D eigenvalue weighted by Crippen LogP contribution is 2.19. The molecule has 2 N–H and O–H groups in total. The number of hydrogen-bond acceptors (Lipinski definition) is 4. The molecule has 0 atom stereocenters. The molecular weight excluding hydrogens is 365 g/mol. The second-order valence-electron chi connectivity index (χ2n) is 5.34. The van der Waals surface area contributed by atoms with E-state index >= 15 is 0 Å². The quantitative estimate of drug-likeness (QED) is 0.736. The highest BCUT2D eigenvalue weighted by molar-refractivity contribution is 7.09. The molecule has 1 aromatic heterocycles. The van der Waals surface area contributed by atoms with E-state index in [9.17, 15) is 14.0 Å². The van der Waals surface area contributed by atoms with Crippen molar-refractivity contribution < 1.29 is 14.0 Å². The summed E-state index contributed by atoms with van der Waals surface area (Å²) in [6, 6.07) is 7.84. The van der Waals surface area contributed by atoms with Crippen molar-refractivity contribution in [1.82, 2.24) is 10.2 Å². The number of nitrogens with zero attached hydrogens (tertiary/aromatic N) is 1. The molecule has 0 aliphatic rings. The third-order valence-corrected chi connectivity index (χ3v) is 4.59. The van der Waals surface area contributed by atoms with Gasteiger partial charge >= 0.3 is 0 Å². The molecule has 0 bridgehead atoms. The first-order valence-electron chi connectivity index (χ1n) is 7.74. The van der Waals surface area contributed by atoms with Crippen LogP contribution in [0.1, 0.15) is 11.8 Å². The lowest BCUT2D eigenvalue weighted by Crippen LogP contribution is -2.40. The molecule has 1 aromatic carbocycles. The maximum absolute atomic E-state index is 13.1. The van der Waals surface area contributed by atoms with E-state index in [2.05, 4.69) is 10.6 Å². The lowest BCUT2D eigenvalue weighted by atomic mass is 10.3. The number of rotatable bonds is 8. The minimum absolute atomic E-state index is 0.0535. The SMILES string of the molecule is CCN(CC(=O)NCc1cccs1)CC(=O)Nc1ccc(F)c(Cl)c1. The van der Waals surface area contributed by atoms with Gasteiger partial charge in [-0.2, -0.15) is 0 Å². The third kappa shape index (κ3) is 6.45. The molecule has 2 aromatic rings. The van der Waals surface area contributed by atoms with E-state index < -0.39 is 5.82 Å². The molecule has 0 saturated carbocycles. The molecule has 25 heavy (non-hydrogen) atoms. The predicted molar refractivity (Wildman–Crippen MR) is 98.3 cm³/mol.